The zero-order valence-corrected chi connectivity index (χ0v) is 11.3. The molecule has 1 aliphatic heterocycles. The van der Waals surface area contributed by atoms with Crippen molar-refractivity contribution >= 4 is 11.9 Å². The average Bonchev–Trinajstić information content (AvgIpc) is 2.82. The zero-order chi connectivity index (χ0) is 14.3. The van der Waals surface area contributed by atoms with E-state index < -0.39 is 5.97 Å². The summed E-state index contributed by atoms with van der Waals surface area (Å²) < 4.78 is 5.34. The number of carboxylic acids is 1. The van der Waals surface area contributed by atoms with Crippen molar-refractivity contribution in [3.63, 3.8) is 0 Å². The molecule has 1 aliphatic rings. The van der Waals surface area contributed by atoms with E-state index >= 15 is 0 Å². The molecule has 1 fully saturated rings. The van der Waals surface area contributed by atoms with Crippen molar-refractivity contribution in [3.05, 3.63) is 12.7 Å². The molecule has 0 aromatic carbocycles. The van der Waals surface area contributed by atoms with E-state index in [2.05, 4.69) is 11.9 Å². The molecule has 1 saturated heterocycles. The Kier molecular flexibility index (Phi) is 6.52. The third-order valence-corrected chi connectivity index (χ3v) is 3.04. The van der Waals surface area contributed by atoms with Crippen LogP contribution in [0, 0.1) is 5.92 Å². The van der Waals surface area contributed by atoms with Crippen molar-refractivity contribution in [2.75, 3.05) is 32.8 Å². The van der Waals surface area contributed by atoms with E-state index in [0.29, 0.717) is 13.2 Å². The smallest absolute Gasteiger partial charge is 0.323 e. The molecule has 108 valence electrons. The lowest BCUT2D eigenvalue weighted by molar-refractivity contribution is -0.146. The predicted octanol–water partition coefficient (Wildman–Crippen LogP) is 0.100. The Morgan fingerprint density at radius 3 is 2.84 bits per heavy atom. The molecular weight excluding hydrogens is 248 g/mol. The van der Waals surface area contributed by atoms with Crippen molar-refractivity contribution in [1.29, 1.82) is 0 Å². The monoisotopic (exact) mass is 270 g/mol. The van der Waals surface area contributed by atoms with Gasteiger partial charge in [0.05, 0.1) is 19.1 Å². The van der Waals surface area contributed by atoms with Crippen LogP contribution in [0.2, 0.25) is 0 Å². The number of hydrogen-bond donors (Lipinski definition) is 2. The minimum atomic E-state index is -1.02. The van der Waals surface area contributed by atoms with E-state index in [4.69, 9.17) is 9.84 Å². The maximum Gasteiger partial charge on any atom is 0.323 e. The Bertz CT molecular complexity index is 333. The molecule has 2 atom stereocenters. The molecule has 0 spiro atoms. The number of nitrogens with zero attached hydrogens (tertiary/aromatic N) is 1. The lowest BCUT2D eigenvalue weighted by Crippen LogP contribution is -2.47. The lowest BCUT2D eigenvalue weighted by atomic mass is 10.0. The number of nitrogens with one attached hydrogen (secondary N) is 1. The summed E-state index contributed by atoms with van der Waals surface area (Å²) in [4.78, 5) is 24.4. The number of amides is 1. The van der Waals surface area contributed by atoms with Crippen molar-refractivity contribution in [2.24, 2.45) is 5.92 Å². The number of rotatable bonds is 8. The summed E-state index contributed by atoms with van der Waals surface area (Å²) in [6.07, 6.45) is 2.51. The summed E-state index contributed by atoms with van der Waals surface area (Å²) in [5.41, 5.74) is 0. The van der Waals surface area contributed by atoms with E-state index in [9.17, 15) is 9.59 Å². The maximum atomic E-state index is 12.3. The van der Waals surface area contributed by atoms with Gasteiger partial charge in [-0.05, 0) is 13.0 Å². The van der Waals surface area contributed by atoms with E-state index in [0.717, 1.165) is 13.0 Å². The van der Waals surface area contributed by atoms with E-state index in [1.54, 1.807) is 0 Å². The molecule has 19 heavy (non-hydrogen) atoms. The van der Waals surface area contributed by atoms with Gasteiger partial charge in [-0.3, -0.25) is 9.59 Å². The van der Waals surface area contributed by atoms with Crippen molar-refractivity contribution in [2.45, 2.75) is 19.4 Å². The van der Waals surface area contributed by atoms with Crippen molar-refractivity contribution in [1.82, 2.24) is 10.2 Å². The molecule has 2 N–H and O–H groups in total. The standard InChI is InChI=1S/C13H22N2O4/c1-3-5-14-11-9-19-8-10(11)13(18)15(6-4-2)7-12(16)17/h4,10-11,14H,2-3,5-9H2,1H3,(H,16,17). The fraction of sp³-hybridized carbons (Fsp3) is 0.692. The van der Waals surface area contributed by atoms with Gasteiger partial charge in [-0.15, -0.1) is 6.58 Å². The Hall–Kier alpha value is -1.40. The van der Waals surface area contributed by atoms with Gasteiger partial charge in [0.1, 0.15) is 6.54 Å². The van der Waals surface area contributed by atoms with Crippen LogP contribution in [0.3, 0.4) is 0 Å². The van der Waals surface area contributed by atoms with E-state index in [1.807, 2.05) is 6.92 Å². The van der Waals surface area contributed by atoms with Crippen molar-refractivity contribution in [3.8, 4) is 0 Å². The first-order valence-corrected chi connectivity index (χ1v) is 6.52. The molecule has 0 radical (unpaired) electrons. The molecule has 1 heterocycles. The molecule has 6 nitrogen and oxygen atoms in total. The Labute approximate surface area is 113 Å². The van der Waals surface area contributed by atoms with Crippen LogP contribution in [0.5, 0.6) is 0 Å². The highest BCUT2D eigenvalue weighted by molar-refractivity contribution is 5.84. The molecule has 0 aliphatic carbocycles. The summed E-state index contributed by atoms with van der Waals surface area (Å²) in [5, 5.41) is 12.1. The van der Waals surface area contributed by atoms with Crippen LogP contribution in [-0.2, 0) is 14.3 Å². The fourth-order valence-corrected chi connectivity index (χ4v) is 2.11. The molecular formula is C13H22N2O4. The molecule has 1 amide bonds. The summed E-state index contributed by atoms with van der Waals surface area (Å²) in [7, 11) is 0. The Morgan fingerprint density at radius 2 is 2.26 bits per heavy atom. The van der Waals surface area contributed by atoms with Gasteiger partial charge >= 0.3 is 5.97 Å². The second-order valence-electron chi connectivity index (χ2n) is 4.61. The van der Waals surface area contributed by atoms with Gasteiger partial charge in [-0.1, -0.05) is 13.0 Å². The fourth-order valence-electron chi connectivity index (χ4n) is 2.11. The first kappa shape index (κ1) is 15.7. The molecule has 1 rings (SSSR count). The minimum Gasteiger partial charge on any atom is -0.480 e. The topological polar surface area (TPSA) is 78.9 Å². The molecule has 0 saturated carbocycles. The van der Waals surface area contributed by atoms with Crippen LogP contribution < -0.4 is 5.32 Å². The van der Waals surface area contributed by atoms with Crippen LogP contribution in [0.1, 0.15) is 13.3 Å². The highest BCUT2D eigenvalue weighted by Gasteiger charge is 2.36. The highest BCUT2D eigenvalue weighted by Crippen LogP contribution is 2.17. The van der Waals surface area contributed by atoms with Crippen LogP contribution >= 0.6 is 0 Å². The summed E-state index contributed by atoms with van der Waals surface area (Å²) >= 11 is 0. The molecule has 0 bridgehead atoms. The maximum absolute atomic E-state index is 12.3. The van der Waals surface area contributed by atoms with Gasteiger partial charge in [-0.2, -0.15) is 0 Å². The number of carbonyl (C=O) groups excluding carboxylic acids is 1. The molecule has 0 aromatic rings. The highest BCUT2D eigenvalue weighted by atomic mass is 16.5. The van der Waals surface area contributed by atoms with Gasteiger partial charge in [0, 0.05) is 12.6 Å². The van der Waals surface area contributed by atoms with Crippen molar-refractivity contribution < 1.29 is 19.4 Å². The molecule has 0 aromatic heterocycles. The predicted molar refractivity (Wildman–Crippen MR) is 70.8 cm³/mol. The number of carbonyl (C=O) groups is 2. The second-order valence-corrected chi connectivity index (χ2v) is 4.61. The van der Waals surface area contributed by atoms with Crippen LogP contribution in [0.15, 0.2) is 12.7 Å². The van der Waals surface area contributed by atoms with E-state index in [-0.39, 0.29) is 31.0 Å². The normalized spacial score (nSPS) is 22.2. The molecule has 2 unspecified atom stereocenters. The molecule has 6 heteroatoms. The zero-order valence-electron chi connectivity index (χ0n) is 11.3. The minimum absolute atomic E-state index is 0.0337. The summed E-state index contributed by atoms with van der Waals surface area (Å²) in [6.45, 7) is 7.19. The SMILES string of the molecule is C=CCN(CC(=O)O)C(=O)C1COCC1NCCC. The number of aliphatic carboxylic acids is 1. The Balaban J connectivity index is 2.65. The first-order valence-electron chi connectivity index (χ1n) is 6.52. The van der Waals surface area contributed by atoms with E-state index in [1.165, 1.54) is 11.0 Å². The number of carboxylic acid groups (broad SMARTS) is 1. The first-order chi connectivity index (χ1) is 9.10. The van der Waals surface area contributed by atoms with Gasteiger partial charge < -0.3 is 20.1 Å². The third-order valence-electron chi connectivity index (χ3n) is 3.04. The van der Waals surface area contributed by atoms with Crippen LogP contribution in [-0.4, -0.2) is 60.8 Å². The third kappa shape index (κ3) is 4.65. The Morgan fingerprint density at radius 1 is 1.53 bits per heavy atom. The number of ether oxygens (including phenoxy) is 1. The average molecular weight is 270 g/mol. The summed E-state index contributed by atoms with van der Waals surface area (Å²) in [6, 6.07) is -0.0337. The quantitative estimate of drug-likeness (QED) is 0.612. The van der Waals surface area contributed by atoms with Crippen LogP contribution in [0.4, 0.5) is 0 Å². The lowest BCUT2D eigenvalue weighted by Gasteiger charge is -2.25. The second kappa shape index (κ2) is 7.91. The van der Waals surface area contributed by atoms with Gasteiger partial charge in [-0.25, -0.2) is 0 Å². The summed E-state index contributed by atoms with van der Waals surface area (Å²) in [5.74, 6) is -1.52. The van der Waals surface area contributed by atoms with Gasteiger partial charge in [0.25, 0.3) is 0 Å². The van der Waals surface area contributed by atoms with Crippen LogP contribution in [0.25, 0.3) is 0 Å². The van der Waals surface area contributed by atoms with Gasteiger partial charge in [0.15, 0.2) is 0 Å². The number of hydrogen-bond acceptors (Lipinski definition) is 4. The largest absolute Gasteiger partial charge is 0.480 e. The van der Waals surface area contributed by atoms with Gasteiger partial charge in [0.2, 0.25) is 5.91 Å².